The summed E-state index contributed by atoms with van der Waals surface area (Å²) in [5.41, 5.74) is 1.51. The molecule has 2 N–H and O–H groups in total. The normalized spacial score (nSPS) is 11.7. The van der Waals surface area contributed by atoms with Crippen molar-refractivity contribution in [1.82, 2.24) is 5.32 Å². The van der Waals surface area contributed by atoms with E-state index in [0.29, 0.717) is 21.5 Å². The maximum atomic E-state index is 12.3. The molecule has 0 saturated carbocycles. The van der Waals surface area contributed by atoms with Crippen molar-refractivity contribution < 1.29 is 9.53 Å². The van der Waals surface area contributed by atoms with Crippen molar-refractivity contribution in [3.05, 3.63) is 58.1 Å². The standard InChI is InChI=1S/C17H18Cl2N2O2/c1-3-14(11-4-6-12(18)7-5-11)20-17(22)21-15-10-13(19)8-9-16(15)23-2/h4-10,14H,3H2,1-2H3,(H2,20,21,22)/t14-/m0/s1. The van der Waals surface area contributed by atoms with Gasteiger partial charge in [0.1, 0.15) is 5.75 Å². The molecule has 0 unspecified atom stereocenters. The van der Waals surface area contributed by atoms with Gasteiger partial charge in [0.2, 0.25) is 0 Å². The average Bonchev–Trinajstić information content (AvgIpc) is 2.54. The third-order valence-corrected chi connectivity index (χ3v) is 3.88. The topological polar surface area (TPSA) is 50.4 Å². The Hall–Kier alpha value is -1.91. The minimum Gasteiger partial charge on any atom is -0.495 e. The van der Waals surface area contributed by atoms with Crippen LogP contribution in [0, 0.1) is 0 Å². The number of ether oxygens (including phenoxy) is 1. The smallest absolute Gasteiger partial charge is 0.319 e. The number of urea groups is 1. The minimum absolute atomic E-state index is 0.113. The molecule has 0 heterocycles. The van der Waals surface area contributed by atoms with Crippen LogP contribution in [0.15, 0.2) is 42.5 Å². The molecule has 23 heavy (non-hydrogen) atoms. The van der Waals surface area contributed by atoms with Gasteiger partial charge in [-0.05, 0) is 42.3 Å². The van der Waals surface area contributed by atoms with Gasteiger partial charge in [0.05, 0.1) is 18.8 Å². The fourth-order valence-corrected chi connectivity index (χ4v) is 2.51. The number of benzene rings is 2. The van der Waals surface area contributed by atoms with Crippen LogP contribution >= 0.6 is 23.2 Å². The Kier molecular flexibility index (Phi) is 6.13. The van der Waals surface area contributed by atoms with Crippen LogP contribution in [0.1, 0.15) is 24.9 Å². The van der Waals surface area contributed by atoms with Crippen molar-refractivity contribution in [2.24, 2.45) is 0 Å². The van der Waals surface area contributed by atoms with Crippen LogP contribution in [0.4, 0.5) is 10.5 Å². The van der Waals surface area contributed by atoms with E-state index in [1.807, 2.05) is 19.1 Å². The molecule has 0 aliphatic carbocycles. The second-order valence-electron chi connectivity index (χ2n) is 4.96. The molecule has 0 saturated heterocycles. The Labute approximate surface area is 145 Å². The Balaban J connectivity index is 2.08. The molecule has 0 aliphatic heterocycles. The van der Waals surface area contributed by atoms with Crippen molar-refractivity contribution in [2.45, 2.75) is 19.4 Å². The molecule has 2 aromatic carbocycles. The zero-order chi connectivity index (χ0) is 16.8. The summed E-state index contributed by atoms with van der Waals surface area (Å²) in [6, 6.07) is 12.0. The van der Waals surface area contributed by atoms with E-state index in [1.54, 1.807) is 30.3 Å². The number of nitrogens with one attached hydrogen (secondary N) is 2. The lowest BCUT2D eigenvalue weighted by atomic mass is 10.1. The first kappa shape index (κ1) is 17.4. The zero-order valence-corrected chi connectivity index (χ0v) is 14.4. The predicted molar refractivity (Wildman–Crippen MR) is 94.6 cm³/mol. The van der Waals surface area contributed by atoms with Gasteiger partial charge in [0.15, 0.2) is 0 Å². The Bertz CT molecular complexity index is 675. The van der Waals surface area contributed by atoms with Gasteiger partial charge < -0.3 is 15.4 Å². The van der Waals surface area contributed by atoms with Gasteiger partial charge in [-0.15, -0.1) is 0 Å². The minimum atomic E-state index is -0.327. The van der Waals surface area contributed by atoms with E-state index in [0.717, 1.165) is 12.0 Å². The first-order valence-corrected chi connectivity index (χ1v) is 7.95. The van der Waals surface area contributed by atoms with Gasteiger partial charge in [-0.3, -0.25) is 0 Å². The molecule has 0 bridgehead atoms. The van der Waals surface area contributed by atoms with Gasteiger partial charge >= 0.3 is 6.03 Å². The molecule has 1 atom stereocenters. The number of anilines is 1. The van der Waals surface area contributed by atoms with Crippen LogP contribution in [0.3, 0.4) is 0 Å². The third-order valence-electron chi connectivity index (χ3n) is 3.40. The lowest BCUT2D eigenvalue weighted by Crippen LogP contribution is -2.32. The van der Waals surface area contributed by atoms with E-state index >= 15 is 0 Å². The van der Waals surface area contributed by atoms with Crippen LogP contribution in [0.25, 0.3) is 0 Å². The molecule has 0 fully saturated rings. The number of hydrogen-bond donors (Lipinski definition) is 2. The van der Waals surface area contributed by atoms with Gasteiger partial charge in [-0.25, -0.2) is 4.79 Å². The number of carbonyl (C=O) groups excluding carboxylic acids is 1. The van der Waals surface area contributed by atoms with Crippen LogP contribution in [-0.2, 0) is 0 Å². The van der Waals surface area contributed by atoms with Gasteiger partial charge in [0, 0.05) is 10.0 Å². The molecular weight excluding hydrogens is 335 g/mol. The number of halogens is 2. The van der Waals surface area contributed by atoms with Crippen molar-refractivity contribution in [3.63, 3.8) is 0 Å². The molecule has 122 valence electrons. The van der Waals surface area contributed by atoms with Crippen molar-refractivity contribution in [2.75, 3.05) is 12.4 Å². The molecule has 6 heteroatoms. The Morgan fingerprint density at radius 2 is 1.78 bits per heavy atom. The summed E-state index contributed by atoms with van der Waals surface area (Å²) in [4.78, 5) is 12.3. The highest BCUT2D eigenvalue weighted by molar-refractivity contribution is 6.31. The quantitative estimate of drug-likeness (QED) is 0.769. The molecule has 0 radical (unpaired) electrons. The number of methoxy groups -OCH3 is 1. The molecule has 2 aromatic rings. The summed E-state index contributed by atoms with van der Waals surface area (Å²) in [6.07, 6.45) is 0.752. The molecule has 0 aromatic heterocycles. The van der Waals surface area contributed by atoms with Crippen LogP contribution < -0.4 is 15.4 Å². The highest BCUT2D eigenvalue weighted by Crippen LogP contribution is 2.28. The summed E-state index contributed by atoms with van der Waals surface area (Å²) in [6.45, 7) is 2.00. The van der Waals surface area contributed by atoms with Crippen molar-refractivity contribution in [1.29, 1.82) is 0 Å². The molecular formula is C17H18Cl2N2O2. The van der Waals surface area contributed by atoms with Crippen LogP contribution in [0.2, 0.25) is 10.0 Å². The monoisotopic (exact) mass is 352 g/mol. The summed E-state index contributed by atoms with van der Waals surface area (Å²) < 4.78 is 5.21. The highest BCUT2D eigenvalue weighted by atomic mass is 35.5. The third kappa shape index (κ3) is 4.78. The van der Waals surface area contributed by atoms with E-state index in [2.05, 4.69) is 10.6 Å². The van der Waals surface area contributed by atoms with E-state index in [-0.39, 0.29) is 12.1 Å². The molecule has 0 aliphatic rings. The Morgan fingerprint density at radius 3 is 2.39 bits per heavy atom. The largest absolute Gasteiger partial charge is 0.495 e. The maximum absolute atomic E-state index is 12.3. The summed E-state index contributed by atoms with van der Waals surface area (Å²) >= 11 is 11.9. The van der Waals surface area contributed by atoms with Crippen LogP contribution in [-0.4, -0.2) is 13.1 Å². The second-order valence-corrected chi connectivity index (χ2v) is 5.83. The van der Waals surface area contributed by atoms with E-state index < -0.39 is 0 Å². The zero-order valence-electron chi connectivity index (χ0n) is 12.9. The molecule has 2 amide bonds. The maximum Gasteiger partial charge on any atom is 0.319 e. The average molecular weight is 353 g/mol. The number of rotatable bonds is 5. The fraction of sp³-hybridized carbons (Fsp3) is 0.235. The number of hydrogen-bond acceptors (Lipinski definition) is 2. The first-order valence-electron chi connectivity index (χ1n) is 7.20. The lowest BCUT2D eigenvalue weighted by molar-refractivity contribution is 0.248. The van der Waals surface area contributed by atoms with Crippen molar-refractivity contribution in [3.8, 4) is 5.75 Å². The highest BCUT2D eigenvalue weighted by Gasteiger charge is 2.14. The van der Waals surface area contributed by atoms with Crippen molar-refractivity contribution >= 4 is 34.9 Å². The summed E-state index contributed by atoms with van der Waals surface area (Å²) in [5.74, 6) is 0.545. The van der Waals surface area contributed by atoms with Gasteiger partial charge in [-0.1, -0.05) is 42.3 Å². The van der Waals surface area contributed by atoms with Crippen LogP contribution in [0.5, 0.6) is 5.75 Å². The van der Waals surface area contributed by atoms with Gasteiger partial charge in [-0.2, -0.15) is 0 Å². The van der Waals surface area contributed by atoms with E-state index in [4.69, 9.17) is 27.9 Å². The second kappa shape index (κ2) is 8.09. The molecule has 0 spiro atoms. The lowest BCUT2D eigenvalue weighted by Gasteiger charge is -2.19. The number of carbonyl (C=O) groups is 1. The predicted octanol–water partition coefficient (Wildman–Crippen LogP) is 5.27. The summed E-state index contributed by atoms with van der Waals surface area (Å²) in [7, 11) is 1.54. The SMILES string of the molecule is CC[C@H](NC(=O)Nc1cc(Cl)ccc1OC)c1ccc(Cl)cc1. The molecule has 2 rings (SSSR count). The first-order chi connectivity index (χ1) is 11.0. The fourth-order valence-electron chi connectivity index (χ4n) is 2.21. The Morgan fingerprint density at radius 1 is 1.13 bits per heavy atom. The summed E-state index contributed by atoms with van der Waals surface area (Å²) in [5, 5.41) is 6.88. The molecule has 4 nitrogen and oxygen atoms in total. The number of amides is 2. The van der Waals surface area contributed by atoms with Gasteiger partial charge in [0.25, 0.3) is 0 Å². The van der Waals surface area contributed by atoms with E-state index in [1.165, 1.54) is 7.11 Å². The van der Waals surface area contributed by atoms with E-state index in [9.17, 15) is 4.79 Å².